The van der Waals surface area contributed by atoms with Gasteiger partial charge in [-0.15, -0.1) is 10.2 Å². The molecule has 0 saturated heterocycles. The molecule has 0 aliphatic heterocycles. The van der Waals surface area contributed by atoms with Crippen LogP contribution in [0.4, 0.5) is 4.39 Å². The van der Waals surface area contributed by atoms with E-state index in [0.717, 1.165) is 12.1 Å². The van der Waals surface area contributed by atoms with Gasteiger partial charge in [0.2, 0.25) is 0 Å². The fourth-order valence-corrected chi connectivity index (χ4v) is 2.63. The van der Waals surface area contributed by atoms with Gasteiger partial charge in [0.25, 0.3) is 0 Å². The summed E-state index contributed by atoms with van der Waals surface area (Å²) in [5, 5.41) is 11.7. The molecule has 0 bridgehead atoms. The summed E-state index contributed by atoms with van der Waals surface area (Å²) in [6, 6.07) is 7.86. The summed E-state index contributed by atoms with van der Waals surface area (Å²) < 4.78 is 17.1. The lowest BCUT2D eigenvalue weighted by Crippen LogP contribution is -1.94. The second kappa shape index (κ2) is 9.26. The van der Waals surface area contributed by atoms with E-state index in [0.29, 0.717) is 17.1 Å². The largest absolute Gasteiger partial charge is 0.289 e. The number of rotatable bonds is 2. The van der Waals surface area contributed by atoms with E-state index in [9.17, 15) is 4.39 Å². The Morgan fingerprint density at radius 2 is 1.89 bits per heavy atom. The van der Waals surface area contributed by atoms with Crippen LogP contribution in [0.15, 0.2) is 43.0 Å². The van der Waals surface area contributed by atoms with Crippen molar-refractivity contribution in [3.05, 3.63) is 65.6 Å². The third-order valence-electron chi connectivity index (χ3n) is 4.38. The molecule has 0 spiro atoms. The summed E-state index contributed by atoms with van der Waals surface area (Å²) in [5.41, 5.74) is 4.31. The molecular weight excluding hydrogens is 341 g/mol. The molecule has 4 rings (SSSR count). The van der Waals surface area contributed by atoms with E-state index in [4.69, 9.17) is 0 Å². The highest BCUT2D eigenvalue weighted by Crippen LogP contribution is 2.22. The van der Waals surface area contributed by atoms with E-state index in [1.165, 1.54) is 11.1 Å². The number of pyridine rings is 2. The van der Waals surface area contributed by atoms with Crippen LogP contribution in [0.25, 0.3) is 11.2 Å². The first-order valence-corrected chi connectivity index (χ1v) is 9.40. The van der Waals surface area contributed by atoms with Crippen LogP contribution < -0.4 is 0 Å². The molecule has 0 aromatic carbocycles. The molecule has 4 heterocycles. The molecule has 0 amide bonds. The van der Waals surface area contributed by atoms with Gasteiger partial charge in [-0.2, -0.15) is 5.10 Å². The molecule has 4 aromatic rings. The number of aromatic nitrogens is 5. The van der Waals surface area contributed by atoms with E-state index in [1.54, 1.807) is 17.8 Å². The summed E-state index contributed by atoms with van der Waals surface area (Å²) in [7, 11) is 0. The van der Waals surface area contributed by atoms with Crippen molar-refractivity contribution >= 4 is 11.2 Å². The van der Waals surface area contributed by atoms with Crippen molar-refractivity contribution < 1.29 is 4.39 Å². The molecule has 0 aliphatic carbocycles. The van der Waals surface area contributed by atoms with Crippen LogP contribution in [-0.4, -0.2) is 24.2 Å². The zero-order valence-electron chi connectivity index (χ0n) is 16.9. The maximum absolute atomic E-state index is 13.6. The number of aryl methyl sites for hydroxylation is 2. The lowest BCUT2D eigenvalue weighted by atomic mass is 9.99. The zero-order valence-corrected chi connectivity index (χ0v) is 16.9. The quantitative estimate of drug-likeness (QED) is 0.478. The Hall–Kier alpha value is -2.76. The van der Waals surface area contributed by atoms with Crippen LogP contribution >= 0.6 is 0 Å². The minimum Gasteiger partial charge on any atom is -0.289 e. The third kappa shape index (κ3) is 4.70. The molecule has 0 N–H and O–H groups in total. The number of fused-ring (bicyclic) bond motifs is 2. The van der Waals surface area contributed by atoms with Crippen LogP contribution in [0.2, 0.25) is 0 Å². The average molecular weight is 369 g/mol. The van der Waals surface area contributed by atoms with Gasteiger partial charge in [0, 0.05) is 12.4 Å². The van der Waals surface area contributed by atoms with Crippen molar-refractivity contribution in [3.8, 4) is 0 Å². The Bertz CT molecular complexity index is 1000. The Labute approximate surface area is 159 Å². The van der Waals surface area contributed by atoms with E-state index >= 15 is 0 Å². The van der Waals surface area contributed by atoms with Crippen molar-refractivity contribution in [3.63, 3.8) is 0 Å². The minimum atomic E-state index is -0.208. The van der Waals surface area contributed by atoms with E-state index in [-0.39, 0.29) is 5.82 Å². The van der Waals surface area contributed by atoms with Crippen LogP contribution in [0.5, 0.6) is 0 Å². The predicted octanol–water partition coefficient (Wildman–Crippen LogP) is 5.36. The first-order valence-electron chi connectivity index (χ1n) is 9.40. The number of hydrogen-bond donors (Lipinski definition) is 0. The van der Waals surface area contributed by atoms with Crippen molar-refractivity contribution in [2.45, 2.75) is 53.9 Å². The highest BCUT2D eigenvalue weighted by molar-refractivity contribution is 5.51. The van der Waals surface area contributed by atoms with Gasteiger partial charge >= 0.3 is 0 Å². The van der Waals surface area contributed by atoms with Crippen molar-refractivity contribution in [2.75, 3.05) is 0 Å². The summed E-state index contributed by atoms with van der Waals surface area (Å²) in [6.07, 6.45) is 6.58. The first-order chi connectivity index (χ1) is 13.0. The van der Waals surface area contributed by atoms with Crippen LogP contribution in [-0.2, 0) is 0 Å². The molecule has 0 aliphatic rings. The molecule has 0 radical (unpaired) electrons. The van der Waals surface area contributed by atoms with Crippen LogP contribution in [0, 0.1) is 19.7 Å². The summed E-state index contributed by atoms with van der Waals surface area (Å²) in [4.78, 5) is 0. The van der Waals surface area contributed by atoms with Gasteiger partial charge < -0.3 is 0 Å². The van der Waals surface area contributed by atoms with Gasteiger partial charge in [-0.1, -0.05) is 33.8 Å². The zero-order chi connectivity index (χ0) is 20.0. The van der Waals surface area contributed by atoms with Gasteiger partial charge in [0.05, 0.1) is 5.69 Å². The summed E-state index contributed by atoms with van der Waals surface area (Å²) in [5.74, 6) is 0.254. The van der Waals surface area contributed by atoms with Gasteiger partial charge in [0.15, 0.2) is 11.5 Å². The second-order valence-corrected chi connectivity index (χ2v) is 6.30. The van der Waals surface area contributed by atoms with Crippen molar-refractivity contribution in [2.24, 2.45) is 0 Å². The molecule has 1 unspecified atom stereocenters. The Kier molecular flexibility index (Phi) is 7.05. The van der Waals surface area contributed by atoms with E-state index in [2.05, 4.69) is 29.1 Å². The smallest absolute Gasteiger partial charge is 0.171 e. The normalized spacial score (nSPS) is 11.5. The average Bonchev–Trinajstić information content (AvgIpc) is 3.27. The lowest BCUT2D eigenvalue weighted by molar-refractivity contribution is 0.628. The number of halogens is 1. The Morgan fingerprint density at radius 3 is 2.59 bits per heavy atom. The highest BCUT2D eigenvalue weighted by Gasteiger charge is 2.10. The number of nitrogens with zero attached hydrogens (tertiary/aromatic N) is 5. The monoisotopic (exact) mass is 369 g/mol. The maximum Gasteiger partial charge on any atom is 0.171 e. The fourth-order valence-electron chi connectivity index (χ4n) is 2.63. The molecule has 4 aromatic heterocycles. The molecule has 144 valence electrons. The van der Waals surface area contributed by atoms with E-state index in [1.807, 2.05) is 61.8 Å². The Balaban J connectivity index is 0.000000189. The van der Waals surface area contributed by atoms with Gasteiger partial charge in [-0.05, 0) is 55.5 Å². The topological polar surface area (TPSA) is 47.5 Å². The second-order valence-electron chi connectivity index (χ2n) is 6.30. The SMILES string of the molecule is CC.CCC(C)c1ccn2nc(C)c(F)c2c1.Cc1ccc2nncn2c1. The summed E-state index contributed by atoms with van der Waals surface area (Å²) >= 11 is 0. The molecule has 0 fully saturated rings. The van der Waals surface area contributed by atoms with Gasteiger partial charge in [-0.3, -0.25) is 4.40 Å². The van der Waals surface area contributed by atoms with Crippen LogP contribution in [0.1, 0.15) is 56.9 Å². The maximum atomic E-state index is 13.6. The fraction of sp³-hybridized carbons (Fsp3) is 0.381. The first kappa shape index (κ1) is 20.6. The Morgan fingerprint density at radius 1 is 1.15 bits per heavy atom. The molecule has 27 heavy (non-hydrogen) atoms. The summed E-state index contributed by atoms with van der Waals surface area (Å²) in [6.45, 7) is 12.0. The van der Waals surface area contributed by atoms with Crippen molar-refractivity contribution in [1.82, 2.24) is 24.2 Å². The minimum absolute atomic E-state index is 0.208. The number of hydrogen-bond acceptors (Lipinski definition) is 3. The molecular formula is C21H28FN5. The predicted molar refractivity (Wildman–Crippen MR) is 108 cm³/mol. The highest BCUT2D eigenvalue weighted by atomic mass is 19.1. The molecule has 5 nitrogen and oxygen atoms in total. The molecule has 0 saturated carbocycles. The van der Waals surface area contributed by atoms with Gasteiger partial charge in [-0.25, -0.2) is 8.91 Å². The third-order valence-corrected chi connectivity index (χ3v) is 4.38. The standard InChI is InChI=1S/C12H15FN2.C7H7N3.C2H6/c1-4-8(2)10-5-6-15-11(7-10)12(13)9(3)14-15;1-6-2-3-7-9-8-5-10(7)4-6;1-2/h5-8H,4H2,1-3H3;2-5H,1H3;1-2H3. The lowest BCUT2D eigenvalue weighted by Gasteiger charge is -2.08. The van der Waals surface area contributed by atoms with Gasteiger partial charge in [0.1, 0.15) is 11.8 Å². The van der Waals surface area contributed by atoms with E-state index < -0.39 is 0 Å². The van der Waals surface area contributed by atoms with Crippen molar-refractivity contribution in [1.29, 1.82) is 0 Å². The van der Waals surface area contributed by atoms with Crippen LogP contribution in [0.3, 0.4) is 0 Å². The molecule has 6 heteroatoms. The molecule has 1 atom stereocenters.